The molecule has 0 saturated carbocycles. The van der Waals surface area contributed by atoms with Crippen LogP contribution in [0.15, 0.2) is 18.5 Å². The summed E-state index contributed by atoms with van der Waals surface area (Å²) in [5.41, 5.74) is 0.679. The average molecular weight is 263 g/mol. The number of likely N-dealkylation sites (tertiary alicyclic amines) is 1. The second-order valence-electron chi connectivity index (χ2n) is 5.49. The van der Waals surface area contributed by atoms with Crippen LogP contribution in [0.5, 0.6) is 0 Å². The Kier molecular flexibility index (Phi) is 3.46. The van der Waals surface area contributed by atoms with Crippen molar-refractivity contribution in [1.82, 2.24) is 15.2 Å². The van der Waals surface area contributed by atoms with Crippen LogP contribution < -0.4 is 5.32 Å². The molecule has 19 heavy (non-hydrogen) atoms. The summed E-state index contributed by atoms with van der Waals surface area (Å²) in [7, 11) is 0. The van der Waals surface area contributed by atoms with Crippen LogP contribution in [0.3, 0.4) is 0 Å². The molecule has 0 aliphatic carbocycles. The minimum absolute atomic E-state index is 0.157. The molecule has 1 aromatic heterocycles. The van der Waals surface area contributed by atoms with Crippen molar-refractivity contribution in [2.75, 3.05) is 13.1 Å². The first-order valence-electron chi connectivity index (χ1n) is 6.82. The third-order valence-corrected chi connectivity index (χ3v) is 4.09. The Morgan fingerprint density at radius 3 is 3.21 bits per heavy atom. The fraction of sp³-hybridized carbons (Fsp3) is 0.571. The summed E-state index contributed by atoms with van der Waals surface area (Å²) >= 11 is 0. The highest BCUT2D eigenvalue weighted by Crippen LogP contribution is 2.26. The van der Waals surface area contributed by atoms with Gasteiger partial charge in [0.15, 0.2) is 0 Å². The molecule has 2 aliphatic rings. The lowest BCUT2D eigenvalue weighted by atomic mass is 9.99. The number of halogens is 1. The van der Waals surface area contributed by atoms with Crippen LogP contribution in [-0.4, -0.2) is 34.9 Å². The molecule has 0 aromatic carbocycles. The average Bonchev–Trinajstić information content (AvgIpc) is 2.66. The number of hydrogen-bond acceptors (Lipinski definition) is 3. The smallest absolute Gasteiger partial charge is 0.220 e. The van der Waals surface area contributed by atoms with E-state index in [1.165, 1.54) is 6.20 Å². The topological polar surface area (TPSA) is 45.2 Å². The monoisotopic (exact) mass is 263 g/mol. The van der Waals surface area contributed by atoms with Gasteiger partial charge in [0.25, 0.3) is 0 Å². The van der Waals surface area contributed by atoms with Crippen molar-refractivity contribution in [3.63, 3.8) is 0 Å². The summed E-state index contributed by atoms with van der Waals surface area (Å²) < 4.78 is 13.6. The molecule has 2 atom stereocenters. The van der Waals surface area contributed by atoms with Gasteiger partial charge in [-0.3, -0.25) is 14.7 Å². The van der Waals surface area contributed by atoms with Crippen LogP contribution in [0, 0.1) is 11.7 Å². The number of fused-ring (bicyclic) bond motifs is 1. The fourth-order valence-electron chi connectivity index (χ4n) is 3.12. The summed E-state index contributed by atoms with van der Waals surface area (Å²) in [6.45, 7) is 2.35. The second-order valence-corrected chi connectivity index (χ2v) is 5.49. The van der Waals surface area contributed by atoms with Gasteiger partial charge in [-0.25, -0.2) is 4.39 Å². The molecule has 2 aliphatic heterocycles. The number of carbonyl (C=O) groups is 1. The van der Waals surface area contributed by atoms with Gasteiger partial charge in [-0.2, -0.15) is 0 Å². The molecule has 2 fully saturated rings. The molecule has 4 nitrogen and oxygen atoms in total. The van der Waals surface area contributed by atoms with Crippen LogP contribution in [-0.2, 0) is 11.3 Å². The van der Waals surface area contributed by atoms with Gasteiger partial charge in [0.1, 0.15) is 5.82 Å². The van der Waals surface area contributed by atoms with Gasteiger partial charge in [0.05, 0.1) is 6.20 Å². The number of nitrogens with one attached hydrogen (secondary N) is 1. The van der Waals surface area contributed by atoms with Crippen molar-refractivity contribution in [3.8, 4) is 0 Å². The lowest BCUT2D eigenvalue weighted by Gasteiger charge is -2.16. The van der Waals surface area contributed by atoms with E-state index in [9.17, 15) is 9.18 Å². The number of carbonyl (C=O) groups excluding carboxylic acids is 1. The maximum absolute atomic E-state index is 13.6. The molecule has 0 spiro atoms. The van der Waals surface area contributed by atoms with E-state index in [1.54, 1.807) is 12.3 Å². The lowest BCUT2D eigenvalue weighted by Crippen LogP contribution is -2.38. The van der Waals surface area contributed by atoms with Crippen LogP contribution in [0.2, 0.25) is 0 Å². The van der Waals surface area contributed by atoms with E-state index in [4.69, 9.17) is 0 Å². The number of rotatable bonds is 2. The van der Waals surface area contributed by atoms with E-state index in [-0.39, 0.29) is 17.8 Å². The van der Waals surface area contributed by atoms with Crippen LogP contribution in [0.1, 0.15) is 24.8 Å². The van der Waals surface area contributed by atoms with Crippen molar-refractivity contribution in [2.45, 2.75) is 31.8 Å². The SMILES string of the molecule is O=C1CCC[C@@H]2CN(Cc3ccncc3F)C[C@@H]2N1. The number of hydrogen-bond donors (Lipinski definition) is 1. The molecule has 5 heteroatoms. The van der Waals surface area contributed by atoms with E-state index in [1.807, 2.05) is 0 Å². The molecule has 0 unspecified atom stereocenters. The molecule has 1 N–H and O–H groups in total. The maximum atomic E-state index is 13.6. The van der Waals surface area contributed by atoms with Gasteiger partial charge in [-0.15, -0.1) is 0 Å². The highest BCUT2D eigenvalue weighted by atomic mass is 19.1. The summed E-state index contributed by atoms with van der Waals surface area (Å²) in [6, 6.07) is 1.96. The highest BCUT2D eigenvalue weighted by Gasteiger charge is 2.35. The second kappa shape index (κ2) is 5.25. The number of pyridine rings is 1. The van der Waals surface area contributed by atoms with Gasteiger partial charge < -0.3 is 5.32 Å². The van der Waals surface area contributed by atoms with E-state index < -0.39 is 0 Å². The molecular weight excluding hydrogens is 245 g/mol. The molecule has 0 radical (unpaired) electrons. The predicted molar refractivity (Wildman–Crippen MR) is 68.7 cm³/mol. The molecular formula is C14H18FN3O. The first-order valence-corrected chi connectivity index (χ1v) is 6.82. The van der Waals surface area contributed by atoms with Crippen molar-refractivity contribution in [3.05, 3.63) is 29.8 Å². The van der Waals surface area contributed by atoms with Gasteiger partial charge in [-0.1, -0.05) is 0 Å². The van der Waals surface area contributed by atoms with E-state index in [0.717, 1.165) is 25.9 Å². The Morgan fingerprint density at radius 1 is 1.47 bits per heavy atom. The van der Waals surface area contributed by atoms with Crippen LogP contribution >= 0.6 is 0 Å². The Hall–Kier alpha value is -1.49. The molecule has 1 amide bonds. The maximum Gasteiger partial charge on any atom is 0.220 e. The molecule has 3 rings (SSSR count). The summed E-state index contributed by atoms with van der Waals surface area (Å²) in [6.07, 6.45) is 5.56. The molecule has 2 saturated heterocycles. The largest absolute Gasteiger partial charge is 0.352 e. The number of amides is 1. The van der Waals surface area contributed by atoms with Crippen molar-refractivity contribution >= 4 is 5.91 Å². The summed E-state index contributed by atoms with van der Waals surface area (Å²) in [4.78, 5) is 17.5. The molecule has 3 heterocycles. The van der Waals surface area contributed by atoms with Crippen molar-refractivity contribution in [2.24, 2.45) is 5.92 Å². The zero-order valence-corrected chi connectivity index (χ0v) is 10.8. The first kappa shape index (κ1) is 12.5. The highest BCUT2D eigenvalue weighted by molar-refractivity contribution is 5.76. The Morgan fingerprint density at radius 2 is 2.37 bits per heavy atom. The normalized spacial score (nSPS) is 27.7. The Labute approximate surface area is 112 Å². The zero-order valence-electron chi connectivity index (χ0n) is 10.8. The number of aromatic nitrogens is 1. The van der Waals surface area contributed by atoms with Crippen molar-refractivity contribution < 1.29 is 9.18 Å². The third-order valence-electron chi connectivity index (χ3n) is 4.09. The first-order chi connectivity index (χ1) is 9.22. The third kappa shape index (κ3) is 2.76. The molecule has 102 valence electrons. The molecule has 1 aromatic rings. The van der Waals surface area contributed by atoms with Crippen LogP contribution in [0.25, 0.3) is 0 Å². The fourth-order valence-corrected chi connectivity index (χ4v) is 3.12. The minimum Gasteiger partial charge on any atom is -0.352 e. The lowest BCUT2D eigenvalue weighted by molar-refractivity contribution is -0.121. The number of nitrogens with zero attached hydrogens (tertiary/aromatic N) is 2. The van der Waals surface area contributed by atoms with E-state index in [0.29, 0.717) is 24.4 Å². The quantitative estimate of drug-likeness (QED) is 0.875. The zero-order chi connectivity index (χ0) is 13.2. The Bertz CT molecular complexity index is 480. The summed E-state index contributed by atoms with van der Waals surface area (Å²) in [5, 5.41) is 3.08. The van der Waals surface area contributed by atoms with Crippen molar-refractivity contribution in [1.29, 1.82) is 0 Å². The van der Waals surface area contributed by atoms with Gasteiger partial charge in [0, 0.05) is 43.9 Å². The van der Waals surface area contributed by atoms with Gasteiger partial charge in [-0.05, 0) is 24.8 Å². The molecule has 0 bridgehead atoms. The van der Waals surface area contributed by atoms with E-state index in [2.05, 4.69) is 15.2 Å². The van der Waals surface area contributed by atoms with Gasteiger partial charge in [0.2, 0.25) is 5.91 Å². The standard InChI is InChI=1S/C14H18FN3O/c15-12-6-16-5-4-10(12)7-18-8-11-2-1-3-14(19)17-13(11)9-18/h4-6,11,13H,1-3,7-9H2,(H,17,19)/t11-,13+/m1/s1. The van der Waals surface area contributed by atoms with Gasteiger partial charge >= 0.3 is 0 Å². The van der Waals surface area contributed by atoms with E-state index >= 15 is 0 Å². The Balaban J connectivity index is 1.66. The predicted octanol–water partition coefficient (Wildman–Crippen LogP) is 1.32. The summed E-state index contributed by atoms with van der Waals surface area (Å²) in [5.74, 6) is 0.416. The van der Waals surface area contributed by atoms with Crippen LogP contribution in [0.4, 0.5) is 4.39 Å². The minimum atomic E-state index is -0.251.